The van der Waals surface area contributed by atoms with Crippen molar-refractivity contribution in [2.45, 2.75) is 12.6 Å². The zero-order chi connectivity index (χ0) is 15.0. The van der Waals surface area contributed by atoms with Gasteiger partial charge < -0.3 is 14.8 Å². The molecule has 8 nitrogen and oxygen atoms in total. The van der Waals surface area contributed by atoms with Gasteiger partial charge in [-0.1, -0.05) is 0 Å². The zero-order valence-electron chi connectivity index (χ0n) is 12.0. The van der Waals surface area contributed by atoms with E-state index in [0.717, 1.165) is 6.54 Å². The van der Waals surface area contributed by atoms with Crippen LogP contribution in [0.2, 0.25) is 0 Å². The van der Waals surface area contributed by atoms with Gasteiger partial charge >= 0.3 is 5.69 Å². The van der Waals surface area contributed by atoms with Gasteiger partial charge in [0.25, 0.3) is 0 Å². The number of amides is 2. The molecule has 2 aliphatic rings. The fraction of sp³-hybridized carbons (Fsp3) is 0.615. The van der Waals surface area contributed by atoms with E-state index in [-0.39, 0.29) is 30.1 Å². The first kappa shape index (κ1) is 13.9. The van der Waals surface area contributed by atoms with E-state index in [9.17, 15) is 14.4 Å². The van der Waals surface area contributed by atoms with Crippen molar-refractivity contribution < 1.29 is 9.59 Å². The fourth-order valence-corrected chi connectivity index (χ4v) is 2.95. The second-order valence-electron chi connectivity index (χ2n) is 5.56. The number of nitrogens with one attached hydrogen (secondary N) is 1. The topological polar surface area (TPSA) is 81.7 Å². The third kappa shape index (κ3) is 2.58. The number of nitrogens with zero attached hydrogens (tertiary/aromatic N) is 4. The smallest absolute Gasteiger partial charge is 0.325 e. The van der Waals surface area contributed by atoms with Crippen LogP contribution in [0.25, 0.3) is 0 Å². The Morgan fingerprint density at radius 1 is 1.24 bits per heavy atom. The van der Waals surface area contributed by atoms with Gasteiger partial charge in [-0.25, -0.2) is 4.79 Å². The van der Waals surface area contributed by atoms with E-state index >= 15 is 0 Å². The van der Waals surface area contributed by atoms with Crippen LogP contribution in [0.15, 0.2) is 17.2 Å². The van der Waals surface area contributed by atoms with E-state index in [4.69, 9.17) is 0 Å². The van der Waals surface area contributed by atoms with Crippen LogP contribution in [0.1, 0.15) is 0 Å². The molecule has 114 valence electrons. The lowest BCUT2D eigenvalue weighted by Crippen LogP contribution is -2.66. The van der Waals surface area contributed by atoms with Gasteiger partial charge in [0.15, 0.2) is 0 Å². The number of hydrogen-bond acceptors (Lipinski definition) is 4. The summed E-state index contributed by atoms with van der Waals surface area (Å²) in [5.41, 5.74) is -0.128. The van der Waals surface area contributed by atoms with Crippen molar-refractivity contribution in [2.24, 2.45) is 0 Å². The molecule has 0 spiro atoms. The molecule has 1 aromatic rings. The van der Waals surface area contributed by atoms with Crippen molar-refractivity contribution in [1.82, 2.24) is 24.3 Å². The molecule has 0 aromatic carbocycles. The Kier molecular flexibility index (Phi) is 3.54. The van der Waals surface area contributed by atoms with Crippen molar-refractivity contribution in [2.75, 3.05) is 39.8 Å². The predicted octanol–water partition coefficient (Wildman–Crippen LogP) is -1.84. The number of aromatic amines is 1. The number of piperazine rings is 2. The fourth-order valence-electron chi connectivity index (χ4n) is 2.95. The van der Waals surface area contributed by atoms with E-state index in [0.29, 0.717) is 26.2 Å². The van der Waals surface area contributed by atoms with Crippen molar-refractivity contribution in [3.63, 3.8) is 0 Å². The van der Waals surface area contributed by atoms with E-state index in [1.807, 2.05) is 0 Å². The molecule has 8 heteroatoms. The molecule has 1 aromatic heterocycles. The van der Waals surface area contributed by atoms with Crippen LogP contribution in [-0.4, -0.2) is 81.9 Å². The van der Waals surface area contributed by atoms with Crippen LogP contribution >= 0.6 is 0 Å². The van der Waals surface area contributed by atoms with Crippen LogP contribution in [-0.2, 0) is 16.1 Å². The largest absolute Gasteiger partial charge is 0.335 e. The summed E-state index contributed by atoms with van der Waals surface area (Å²) in [5.74, 6) is 0.0155. The molecule has 0 unspecified atom stereocenters. The highest BCUT2D eigenvalue weighted by Crippen LogP contribution is 2.16. The van der Waals surface area contributed by atoms with E-state index in [1.54, 1.807) is 28.9 Å². The first-order valence-corrected chi connectivity index (χ1v) is 7.07. The Bertz CT molecular complexity index is 607. The van der Waals surface area contributed by atoms with Gasteiger partial charge in [0.2, 0.25) is 11.8 Å². The number of carbonyl (C=O) groups is 2. The quantitative estimate of drug-likeness (QED) is 0.710. The molecule has 2 fully saturated rings. The molecule has 1 N–H and O–H groups in total. The number of aromatic nitrogens is 2. The summed E-state index contributed by atoms with van der Waals surface area (Å²) in [5, 5.41) is 0. The summed E-state index contributed by atoms with van der Waals surface area (Å²) in [6.07, 6.45) is 3.32. The first-order valence-electron chi connectivity index (χ1n) is 7.07. The van der Waals surface area contributed by atoms with Gasteiger partial charge in [0.05, 0.1) is 6.54 Å². The standard InChI is InChI=1S/C13H19N5O3/c1-15-9-11(19)18-7-5-16(8-10(18)12(15)20)4-6-17-3-2-14-13(17)21/h2-3,10H,4-9H2,1H3,(H,14,21)/t10-/m0/s1. The minimum Gasteiger partial charge on any atom is -0.335 e. The van der Waals surface area contributed by atoms with Crippen LogP contribution in [0.5, 0.6) is 0 Å². The van der Waals surface area contributed by atoms with Crippen molar-refractivity contribution in [3.8, 4) is 0 Å². The summed E-state index contributed by atoms with van der Waals surface area (Å²) in [6.45, 7) is 3.28. The maximum absolute atomic E-state index is 12.2. The number of hydrogen-bond donors (Lipinski definition) is 1. The third-order valence-electron chi connectivity index (χ3n) is 4.20. The lowest BCUT2D eigenvalue weighted by Gasteiger charge is -2.45. The number of imidazole rings is 1. The Hall–Kier alpha value is -2.09. The maximum atomic E-state index is 12.2. The molecule has 3 heterocycles. The van der Waals surface area contributed by atoms with Crippen molar-refractivity contribution in [1.29, 1.82) is 0 Å². The monoisotopic (exact) mass is 293 g/mol. The molecule has 0 saturated carbocycles. The number of likely N-dealkylation sites (N-methyl/N-ethyl adjacent to an activating group) is 1. The molecule has 0 bridgehead atoms. The second kappa shape index (κ2) is 5.36. The molecule has 0 aliphatic carbocycles. The van der Waals surface area contributed by atoms with Gasteiger partial charge in [-0.2, -0.15) is 0 Å². The van der Waals surface area contributed by atoms with Gasteiger partial charge in [-0.05, 0) is 0 Å². The Labute approximate surface area is 121 Å². The molecule has 2 amide bonds. The highest BCUT2D eigenvalue weighted by atomic mass is 16.2. The van der Waals surface area contributed by atoms with Crippen LogP contribution in [0, 0.1) is 0 Å². The highest BCUT2D eigenvalue weighted by molar-refractivity contribution is 5.95. The normalized spacial score (nSPS) is 23.6. The van der Waals surface area contributed by atoms with E-state index < -0.39 is 0 Å². The maximum Gasteiger partial charge on any atom is 0.325 e. The lowest BCUT2D eigenvalue weighted by atomic mass is 10.1. The average Bonchev–Trinajstić information content (AvgIpc) is 2.88. The molecular formula is C13H19N5O3. The van der Waals surface area contributed by atoms with Gasteiger partial charge in [-0.15, -0.1) is 0 Å². The molecule has 1 atom stereocenters. The zero-order valence-corrected chi connectivity index (χ0v) is 12.0. The molecular weight excluding hydrogens is 274 g/mol. The minimum atomic E-state index is -0.382. The van der Waals surface area contributed by atoms with Crippen LogP contribution in [0.3, 0.4) is 0 Å². The summed E-state index contributed by atoms with van der Waals surface area (Å²) in [7, 11) is 1.66. The number of fused-ring (bicyclic) bond motifs is 1. The Morgan fingerprint density at radius 2 is 2.05 bits per heavy atom. The number of rotatable bonds is 3. The minimum absolute atomic E-state index is 0.00175. The SMILES string of the molecule is CN1CC(=O)N2CCN(CCn3cc[nH]c3=O)C[C@H]2C1=O. The molecule has 0 radical (unpaired) electrons. The number of carbonyl (C=O) groups excluding carboxylic acids is 2. The summed E-state index contributed by atoms with van der Waals surface area (Å²) in [4.78, 5) is 43.5. The first-order chi connectivity index (χ1) is 10.1. The summed E-state index contributed by atoms with van der Waals surface area (Å²) < 4.78 is 1.60. The molecule has 2 saturated heterocycles. The molecule has 3 rings (SSSR count). The van der Waals surface area contributed by atoms with Crippen molar-refractivity contribution in [3.05, 3.63) is 22.9 Å². The lowest BCUT2D eigenvalue weighted by molar-refractivity contribution is -0.158. The molecule has 21 heavy (non-hydrogen) atoms. The summed E-state index contributed by atoms with van der Waals surface area (Å²) >= 11 is 0. The van der Waals surface area contributed by atoms with Gasteiger partial charge in [0.1, 0.15) is 6.04 Å². The Balaban J connectivity index is 1.63. The van der Waals surface area contributed by atoms with Crippen LogP contribution < -0.4 is 5.69 Å². The third-order valence-corrected chi connectivity index (χ3v) is 4.20. The summed E-state index contributed by atoms with van der Waals surface area (Å²) in [6, 6.07) is -0.382. The van der Waals surface area contributed by atoms with Crippen molar-refractivity contribution >= 4 is 11.8 Å². The second-order valence-corrected chi connectivity index (χ2v) is 5.56. The van der Waals surface area contributed by atoms with E-state index in [1.165, 1.54) is 4.90 Å². The molecule has 2 aliphatic heterocycles. The predicted molar refractivity (Wildman–Crippen MR) is 74.6 cm³/mol. The van der Waals surface area contributed by atoms with Gasteiger partial charge in [0, 0.05) is 52.2 Å². The van der Waals surface area contributed by atoms with Crippen LogP contribution in [0.4, 0.5) is 0 Å². The van der Waals surface area contributed by atoms with E-state index in [2.05, 4.69) is 9.88 Å². The average molecular weight is 293 g/mol. The van der Waals surface area contributed by atoms with Gasteiger partial charge in [-0.3, -0.25) is 19.1 Å². The highest BCUT2D eigenvalue weighted by Gasteiger charge is 2.40. The Morgan fingerprint density at radius 3 is 2.76 bits per heavy atom. The number of H-pyrrole nitrogens is 1.